The summed E-state index contributed by atoms with van der Waals surface area (Å²) in [4.78, 5) is 0. The quantitative estimate of drug-likeness (QED) is 0.783. The van der Waals surface area contributed by atoms with Crippen LogP contribution in [0.5, 0.6) is 0 Å². The molecule has 0 saturated carbocycles. The summed E-state index contributed by atoms with van der Waals surface area (Å²) in [7, 11) is 0. The van der Waals surface area contributed by atoms with Gasteiger partial charge in [0.25, 0.3) is 0 Å². The molecule has 2 atom stereocenters. The van der Waals surface area contributed by atoms with Gasteiger partial charge in [0.2, 0.25) is 0 Å². The van der Waals surface area contributed by atoms with E-state index < -0.39 is 6.10 Å². The van der Waals surface area contributed by atoms with Crippen LogP contribution in [-0.2, 0) is 4.74 Å². The van der Waals surface area contributed by atoms with Crippen molar-refractivity contribution in [1.29, 1.82) is 0 Å². The zero-order chi connectivity index (χ0) is 9.97. The Bertz CT molecular complexity index is 319. The fraction of sp³-hybridized carbons (Fsp3) is 0.400. The maximum atomic E-state index is 9.50. The molecule has 0 radical (unpaired) electrons. The molecule has 1 saturated heterocycles. The van der Waals surface area contributed by atoms with E-state index in [2.05, 4.69) is 5.32 Å². The molecule has 1 aliphatic rings. The average molecular weight is 214 g/mol. The lowest BCUT2D eigenvalue weighted by atomic mass is 10.2. The highest BCUT2D eigenvalue weighted by molar-refractivity contribution is 6.30. The minimum atomic E-state index is -0.436. The predicted octanol–water partition coefficient (Wildman–Crippen LogP) is 1.51. The van der Waals surface area contributed by atoms with Gasteiger partial charge >= 0.3 is 0 Å². The van der Waals surface area contributed by atoms with Gasteiger partial charge in [0, 0.05) is 10.7 Å². The Kier molecular flexibility index (Phi) is 2.91. The first-order valence-corrected chi connectivity index (χ1v) is 4.91. The number of anilines is 1. The molecule has 2 rings (SSSR count). The molecule has 1 aromatic rings. The van der Waals surface area contributed by atoms with E-state index in [-0.39, 0.29) is 6.04 Å². The molecule has 0 bridgehead atoms. The Morgan fingerprint density at radius 2 is 2.29 bits per heavy atom. The summed E-state index contributed by atoms with van der Waals surface area (Å²) in [6.07, 6.45) is -0.436. The SMILES string of the molecule is OC1COCC1Nc1cccc(Cl)c1. The monoisotopic (exact) mass is 213 g/mol. The van der Waals surface area contributed by atoms with Crippen LogP contribution in [0.4, 0.5) is 5.69 Å². The van der Waals surface area contributed by atoms with E-state index >= 15 is 0 Å². The molecule has 2 unspecified atom stereocenters. The molecule has 1 aromatic carbocycles. The third-order valence-electron chi connectivity index (χ3n) is 2.23. The first-order chi connectivity index (χ1) is 6.75. The van der Waals surface area contributed by atoms with Gasteiger partial charge in [-0.3, -0.25) is 0 Å². The predicted molar refractivity (Wildman–Crippen MR) is 55.7 cm³/mol. The molecule has 0 aromatic heterocycles. The van der Waals surface area contributed by atoms with E-state index in [0.717, 1.165) is 5.69 Å². The number of rotatable bonds is 2. The van der Waals surface area contributed by atoms with Crippen LogP contribution in [-0.4, -0.2) is 30.5 Å². The Balaban J connectivity index is 2.03. The molecule has 1 aliphatic heterocycles. The van der Waals surface area contributed by atoms with Crippen LogP contribution < -0.4 is 5.32 Å². The zero-order valence-electron chi connectivity index (χ0n) is 7.61. The number of nitrogens with one attached hydrogen (secondary N) is 1. The molecule has 76 valence electrons. The van der Waals surface area contributed by atoms with Crippen molar-refractivity contribution in [1.82, 2.24) is 0 Å². The second-order valence-corrected chi connectivity index (χ2v) is 3.80. The molecule has 0 amide bonds. The van der Waals surface area contributed by atoms with Crippen LogP contribution in [0.25, 0.3) is 0 Å². The summed E-state index contributed by atoms with van der Waals surface area (Å²) < 4.78 is 5.13. The number of benzene rings is 1. The maximum Gasteiger partial charge on any atom is 0.0996 e. The Morgan fingerprint density at radius 3 is 2.93 bits per heavy atom. The summed E-state index contributed by atoms with van der Waals surface area (Å²) in [6, 6.07) is 7.39. The number of halogens is 1. The molecule has 2 N–H and O–H groups in total. The van der Waals surface area contributed by atoms with Crippen molar-refractivity contribution < 1.29 is 9.84 Å². The normalized spacial score (nSPS) is 26.4. The van der Waals surface area contributed by atoms with Gasteiger partial charge in [0.15, 0.2) is 0 Å². The van der Waals surface area contributed by atoms with Crippen molar-refractivity contribution in [3.63, 3.8) is 0 Å². The van der Waals surface area contributed by atoms with Gasteiger partial charge < -0.3 is 15.2 Å². The van der Waals surface area contributed by atoms with Gasteiger partial charge in [0.1, 0.15) is 0 Å². The first-order valence-electron chi connectivity index (χ1n) is 4.53. The van der Waals surface area contributed by atoms with Crippen LogP contribution >= 0.6 is 11.6 Å². The van der Waals surface area contributed by atoms with E-state index in [9.17, 15) is 5.11 Å². The average Bonchev–Trinajstić information content (AvgIpc) is 2.52. The van der Waals surface area contributed by atoms with Crippen LogP contribution in [0.1, 0.15) is 0 Å². The van der Waals surface area contributed by atoms with Gasteiger partial charge in [-0.05, 0) is 18.2 Å². The molecule has 0 spiro atoms. The Hall–Kier alpha value is -0.770. The largest absolute Gasteiger partial charge is 0.388 e. The zero-order valence-corrected chi connectivity index (χ0v) is 8.37. The summed E-state index contributed by atoms with van der Waals surface area (Å²) in [6.45, 7) is 0.936. The fourth-order valence-electron chi connectivity index (χ4n) is 1.47. The van der Waals surface area contributed by atoms with Crippen molar-refractivity contribution in [2.45, 2.75) is 12.1 Å². The molecule has 1 heterocycles. The van der Waals surface area contributed by atoms with E-state index in [4.69, 9.17) is 16.3 Å². The maximum absolute atomic E-state index is 9.50. The number of hydrogen-bond donors (Lipinski definition) is 2. The van der Waals surface area contributed by atoms with Crippen molar-refractivity contribution in [3.05, 3.63) is 29.3 Å². The second kappa shape index (κ2) is 4.17. The molecule has 0 aliphatic carbocycles. The lowest BCUT2D eigenvalue weighted by Crippen LogP contribution is -2.31. The smallest absolute Gasteiger partial charge is 0.0996 e. The van der Waals surface area contributed by atoms with Gasteiger partial charge in [0.05, 0.1) is 25.4 Å². The van der Waals surface area contributed by atoms with E-state index in [1.165, 1.54) is 0 Å². The number of hydrogen-bond acceptors (Lipinski definition) is 3. The van der Waals surface area contributed by atoms with E-state index in [1.807, 2.05) is 24.3 Å². The lowest BCUT2D eigenvalue weighted by Gasteiger charge is -2.15. The van der Waals surface area contributed by atoms with E-state index in [0.29, 0.717) is 18.2 Å². The van der Waals surface area contributed by atoms with Crippen LogP contribution in [0.3, 0.4) is 0 Å². The first kappa shape index (κ1) is 9.77. The minimum absolute atomic E-state index is 0.0338. The number of ether oxygens (including phenoxy) is 1. The third kappa shape index (κ3) is 2.18. The third-order valence-corrected chi connectivity index (χ3v) is 2.46. The standard InChI is InChI=1S/C10H12ClNO2/c11-7-2-1-3-8(4-7)12-9-5-14-6-10(9)13/h1-4,9-10,12-13H,5-6H2. The molecule has 4 heteroatoms. The van der Waals surface area contributed by atoms with E-state index in [1.54, 1.807) is 0 Å². The number of aliphatic hydroxyl groups excluding tert-OH is 1. The minimum Gasteiger partial charge on any atom is -0.388 e. The Labute approximate surface area is 87.6 Å². The summed E-state index contributed by atoms with van der Waals surface area (Å²) >= 11 is 5.83. The van der Waals surface area contributed by atoms with Crippen molar-refractivity contribution >= 4 is 17.3 Å². The van der Waals surface area contributed by atoms with Crippen molar-refractivity contribution in [3.8, 4) is 0 Å². The van der Waals surface area contributed by atoms with Crippen LogP contribution in [0, 0.1) is 0 Å². The highest BCUT2D eigenvalue weighted by atomic mass is 35.5. The summed E-state index contributed by atoms with van der Waals surface area (Å²) in [5.41, 5.74) is 0.909. The van der Waals surface area contributed by atoms with Gasteiger partial charge in [-0.15, -0.1) is 0 Å². The molecular weight excluding hydrogens is 202 g/mol. The fourth-order valence-corrected chi connectivity index (χ4v) is 1.66. The summed E-state index contributed by atoms with van der Waals surface area (Å²) in [5.74, 6) is 0. The van der Waals surface area contributed by atoms with Crippen LogP contribution in [0.2, 0.25) is 5.02 Å². The second-order valence-electron chi connectivity index (χ2n) is 3.37. The lowest BCUT2D eigenvalue weighted by molar-refractivity contribution is 0.125. The molecule has 3 nitrogen and oxygen atoms in total. The molecular formula is C10H12ClNO2. The molecule has 1 fully saturated rings. The highest BCUT2D eigenvalue weighted by Gasteiger charge is 2.25. The Morgan fingerprint density at radius 1 is 1.43 bits per heavy atom. The van der Waals surface area contributed by atoms with Gasteiger partial charge in [-0.2, -0.15) is 0 Å². The van der Waals surface area contributed by atoms with Gasteiger partial charge in [-0.1, -0.05) is 17.7 Å². The topological polar surface area (TPSA) is 41.5 Å². The molecule has 14 heavy (non-hydrogen) atoms. The van der Waals surface area contributed by atoms with Crippen LogP contribution in [0.15, 0.2) is 24.3 Å². The van der Waals surface area contributed by atoms with Gasteiger partial charge in [-0.25, -0.2) is 0 Å². The number of aliphatic hydroxyl groups is 1. The highest BCUT2D eigenvalue weighted by Crippen LogP contribution is 2.18. The summed E-state index contributed by atoms with van der Waals surface area (Å²) in [5, 5.41) is 13.4. The van der Waals surface area contributed by atoms with Crippen molar-refractivity contribution in [2.24, 2.45) is 0 Å². The van der Waals surface area contributed by atoms with Crippen molar-refractivity contribution in [2.75, 3.05) is 18.5 Å².